The van der Waals surface area contributed by atoms with E-state index in [0.29, 0.717) is 0 Å². The maximum absolute atomic E-state index is 12.1. The Bertz CT molecular complexity index is 750. The summed E-state index contributed by atoms with van der Waals surface area (Å²) in [5.74, 6) is -0.536. The summed E-state index contributed by atoms with van der Waals surface area (Å²) in [4.78, 5) is 14.7. The fourth-order valence-corrected chi connectivity index (χ4v) is 2.45. The van der Waals surface area contributed by atoms with Gasteiger partial charge in [0, 0.05) is 12.1 Å². The number of nitrogens with two attached hydrogens (primary N) is 1. The van der Waals surface area contributed by atoms with Crippen LogP contribution in [0.5, 0.6) is 0 Å². The molecule has 1 amide bonds. The van der Waals surface area contributed by atoms with Gasteiger partial charge in [-0.05, 0) is 17.2 Å². The molecule has 0 aliphatic carbocycles. The van der Waals surface area contributed by atoms with Crippen LogP contribution in [-0.4, -0.2) is 12.1 Å². The summed E-state index contributed by atoms with van der Waals surface area (Å²) in [5.41, 5.74) is 9.16. The predicted octanol–water partition coefficient (Wildman–Crippen LogP) is 3.56. The number of carbonyl (C=O) groups is 1. The number of pyridine rings is 1. The first kappa shape index (κ1) is 17.5. The number of anilines is 1. The summed E-state index contributed by atoms with van der Waals surface area (Å²) < 4.78 is 0. The van der Waals surface area contributed by atoms with Crippen LogP contribution < -0.4 is 16.1 Å². The molecule has 8 heteroatoms. The maximum atomic E-state index is 12.1. The Hall–Kier alpha value is -1.82. The van der Waals surface area contributed by atoms with Crippen LogP contribution in [0, 0.1) is 0 Å². The fraction of sp³-hybridized carbons (Fsp3) is 0.133. The Labute approximate surface area is 148 Å². The van der Waals surface area contributed by atoms with Crippen LogP contribution >= 0.6 is 34.8 Å². The number of nitrogens with one attached hydrogen (secondary N) is 2. The van der Waals surface area contributed by atoms with Crippen molar-refractivity contribution in [1.82, 2.24) is 5.43 Å². The molecule has 120 valence electrons. The van der Waals surface area contributed by atoms with Crippen LogP contribution in [0.4, 0.5) is 5.69 Å². The summed E-state index contributed by atoms with van der Waals surface area (Å²) >= 11 is 17.7. The molecule has 0 unspecified atom stereocenters. The number of hydrazone groups is 1. The highest BCUT2D eigenvalue weighted by Gasteiger charge is 2.25. The lowest BCUT2D eigenvalue weighted by Crippen LogP contribution is -2.28. The highest BCUT2D eigenvalue weighted by Crippen LogP contribution is 2.31. The van der Waals surface area contributed by atoms with E-state index in [1.54, 1.807) is 6.21 Å². The second-order valence-corrected chi connectivity index (χ2v) is 5.91. The first-order valence-corrected chi connectivity index (χ1v) is 7.79. The Morgan fingerprint density at radius 1 is 1.26 bits per heavy atom. The molecule has 2 rings (SSSR count). The summed E-state index contributed by atoms with van der Waals surface area (Å²) in [6, 6.07) is 9.75. The molecule has 1 aromatic heterocycles. The van der Waals surface area contributed by atoms with E-state index in [4.69, 9.17) is 40.5 Å². The molecule has 5 nitrogen and oxygen atoms in total. The minimum Gasteiger partial charge on any atom is -0.396 e. The molecule has 0 radical (unpaired) electrons. The van der Waals surface area contributed by atoms with E-state index in [2.05, 4.69) is 15.5 Å². The minimum atomic E-state index is -0.572. The quantitative estimate of drug-likeness (QED) is 0.489. The summed E-state index contributed by atoms with van der Waals surface area (Å²) in [6.45, 7) is 1.96. The normalized spacial score (nSPS) is 12.3. The number of aromatic amines is 1. The van der Waals surface area contributed by atoms with Crippen LogP contribution in [0.25, 0.3) is 0 Å². The van der Waals surface area contributed by atoms with E-state index in [1.165, 1.54) is 0 Å². The highest BCUT2D eigenvalue weighted by atomic mass is 35.5. The molecule has 2 aromatic rings. The predicted molar refractivity (Wildman–Crippen MR) is 93.3 cm³/mol. The van der Waals surface area contributed by atoms with Gasteiger partial charge >= 0.3 is 5.91 Å². The molecule has 0 saturated heterocycles. The van der Waals surface area contributed by atoms with Crippen molar-refractivity contribution in [3.8, 4) is 0 Å². The minimum absolute atomic E-state index is 0.0109. The molecule has 23 heavy (non-hydrogen) atoms. The van der Waals surface area contributed by atoms with E-state index in [-0.39, 0.29) is 32.5 Å². The zero-order valence-corrected chi connectivity index (χ0v) is 14.4. The number of hydrogen-bond donors (Lipinski definition) is 2. The van der Waals surface area contributed by atoms with Crippen LogP contribution in [0.15, 0.2) is 35.4 Å². The van der Waals surface area contributed by atoms with E-state index in [1.807, 2.05) is 37.3 Å². The molecule has 1 aromatic carbocycles. The third-order valence-corrected chi connectivity index (χ3v) is 4.30. The molecule has 1 heterocycles. The lowest BCUT2D eigenvalue weighted by molar-refractivity contribution is -0.379. The molecule has 0 spiro atoms. The van der Waals surface area contributed by atoms with Crippen molar-refractivity contribution in [1.29, 1.82) is 0 Å². The van der Waals surface area contributed by atoms with Gasteiger partial charge in [-0.3, -0.25) is 4.79 Å². The average Bonchev–Trinajstić information content (AvgIpc) is 2.56. The Morgan fingerprint density at radius 2 is 1.91 bits per heavy atom. The van der Waals surface area contributed by atoms with Crippen LogP contribution in [0.2, 0.25) is 15.2 Å². The van der Waals surface area contributed by atoms with E-state index < -0.39 is 5.91 Å². The van der Waals surface area contributed by atoms with Gasteiger partial charge in [-0.15, -0.1) is 0 Å². The van der Waals surface area contributed by atoms with E-state index in [0.717, 1.165) is 5.56 Å². The summed E-state index contributed by atoms with van der Waals surface area (Å²) in [6.07, 6.45) is 1.61. The number of benzene rings is 1. The molecule has 4 N–H and O–H groups in total. The molecule has 0 bridgehead atoms. The second kappa shape index (κ2) is 7.64. The van der Waals surface area contributed by atoms with Crippen LogP contribution in [-0.2, 0) is 0 Å². The van der Waals surface area contributed by atoms with Gasteiger partial charge in [0.25, 0.3) is 10.8 Å². The SMILES string of the molecule is C[C@H](/C=N/NC(=O)c1[nH+]c(Cl)c(Cl)c(N)c1Cl)c1ccccc1. The molecular weight excluding hydrogens is 359 g/mol. The van der Waals surface area contributed by atoms with Crippen molar-refractivity contribution in [3.05, 3.63) is 56.8 Å². The van der Waals surface area contributed by atoms with Crippen LogP contribution in [0.3, 0.4) is 0 Å². The van der Waals surface area contributed by atoms with Crippen molar-refractivity contribution in [2.45, 2.75) is 12.8 Å². The average molecular weight is 373 g/mol. The monoisotopic (exact) mass is 371 g/mol. The fourth-order valence-electron chi connectivity index (χ4n) is 1.83. The van der Waals surface area contributed by atoms with Gasteiger partial charge in [0.2, 0.25) is 0 Å². The van der Waals surface area contributed by atoms with Gasteiger partial charge in [-0.2, -0.15) is 10.1 Å². The Balaban J connectivity index is 2.10. The van der Waals surface area contributed by atoms with Crippen molar-refractivity contribution >= 4 is 52.6 Å². The number of halogens is 3. The molecular formula is C15H14Cl3N4O+. The van der Waals surface area contributed by atoms with Gasteiger partial charge in [-0.25, -0.2) is 5.43 Å². The Kier molecular flexibility index (Phi) is 5.82. The summed E-state index contributed by atoms with van der Waals surface area (Å²) in [5, 5.41) is 4.01. The highest BCUT2D eigenvalue weighted by molar-refractivity contribution is 6.45. The van der Waals surface area contributed by atoms with Crippen molar-refractivity contribution in [3.63, 3.8) is 0 Å². The van der Waals surface area contributed by atoms with E-state index in [9.17, 15) is 4.79 Å². The summed E-state index contributed by atoms with van der Waals surface area (Å²) in [7, 11) is 0. The van der Waals surface area contributed by atoms with Gasteiger partial charge in [0.15, 0.2) is 0 Å². The molecule has 0 saturated carbocycles. The first-order chi connectivity index (χ1) is 10.9. The maximum Gasteiger partial charge on any atom is 0.337 e. The number of H-pyrrole nitrogens is 1. The zero-order chi connectivity index (χ0) is 17.0. The van der Waals surface area contributed by atoms with Crippen molar-refractivity contribution in [2.75, 3.05) is 5.73 Å². The Morgan fingerprint density at radius 3 is 2.57 bits per heavy atom. The lowest BCUT2D eigenvalue weighted by atomic mass is 10.0. The van der Waals surface area contributed by atoms with Crippen LogP contribution in [0.1, 0.15) is 28.9 Å². The van der Waals surface area contributed by atoms with Gasteiger partial charge in [0.1, 0.15) is 10.0 Å². The van der Waals surface area contributed by atoms with Gasteiger partial charge in [-0.1, -0.05) is 60.5 Å². The molecule has 0 aliphatic rings. The lowest BCUT2D eigenvalue weighted by Gasteiger charge is -2.05. The number of hydrogen-bond acceptors (Lipinski definition) is 3. The third kappa shape index (κ3) is 4.13. The largest absolute Gasteiger partial charge is 0.396 e. The number of nitrogen functional groups attached to an aromatic ring is 1. The molecule has 0 aliphatic heterocycles. The standard InChI is InChI=1S/C15H13Cl3N4O/c1-8(9-5-3-2-4-6-9)7-20-22-15(23)13-10(16)12(19)11(17)14(18)21-13/h2-8H,1H3,(H2,19,21)(H,22,23)/p+1/b20-7+/t8-/m1/s1. The van der Waals surface area contributed by atoms with Gasteiger partial charge < -0.3 is 5.73 Å². The topological polar surface area (TPSA) is 81.6 Å². The number of aromatic nitrogens is 1. The third-order valence-electron chi connectivity index (χ3n) is 3.14. The smallest absolute Gasteiger partial charge is 0.337 e. The number of carbonyl (C=O) groups excluding carboxylic acids is 1. The second-order valence-electron chi connectivity index (χ2n) is 4.77. The molecule has 1 atom stereocenters. The first-order valence-electron chi connectivity index (χ1n) is 6.65. The number of nitrogens with zero attached hydrogens (tertiary/aromatic N) is 1. The number of rotatable bonds is 4. The van der Waals surface area contributed by atoms with Crippen molar-refractivity contribution < 1.29 is 9.78 Å². The number of amides is 1. The molecule has 0 fully saturated rings. The van der Waals surface area contributed by atoms with Crippen molar-refractivity contribution in [2.24, 2.45) is 5.10 Å². The van der Waals surface area contributed by atoms with Gasteiger partial charge in [0.05, 0.1) is 5.69 Å². The van der Waals surface area contributed by atoms with E-state index >= 15 is 0 Å². The zero-order valence-electron chi connectivity index (χ0n) is 12.1.